The van der Waals surface area contributed by atoms with Gasteiger partial charge in [0, 0.05) is 89.6 Å². The van der Waals surface area contributed by atoms with E-state index in [-0.39, 0.29) is 0 Å². The molecule has 4 rings (SSSR count). The van der Waals surface area contributed by atoms with Crippen LogP contribution >= 0.6 is 0 Å². The van der Waals surface area contributed by atoms with Crippen molar-refractivity contribution in [2.45, 2.75) is 12.5 Å². The Morgan fingerprint density at radius 3 is 2.46 bits per heavy atom. The smallest absolute Gasteiger partial charge is 0.225 e. The highest BCUT2D eigenvalue weighted by atomic mass is 15.4. The minimum absolute atomic E-state index is 0.718. The van der Waals surface area contributed by atoms with Gasteiger partial charge in [0.05, 0.1) is 0 Å². The summed E-state index contributed by atoms with van der Waals surface area (Å²) in [7, 11) is 2.02. The maximum atomic E-state index is 4.36. The molecule has 2 aliphatic rings. The molecule has 2 aromatic rings. The minimum Gasteiger partial charge on any atom is -0.338 e. The van der Waals surface area contributed by atoms with Crippen molar-refractivity contribution in [1.82, 2.24) is 29.5 Å². The van der Waals surface area contributed by atoms with Gasteiger partial charge in [-0.05, 0) is 12.1 Å². The van der Waals surface area contributed by atoms with Gasteiger partial charge in [-0.1, -0.05) is 0 Å². The third kappa shape index (κ3) is 3.27. The SMILES string of the molecule is Cn1nccc1CCN1CC(N2CCN(c3ncccn3)CC2)C1. The monoisotopic (exact) mass is 327 g/mol. The second-order valence-electron chi connectivity index (χ2n) is 6.68. The Hall–Kier alpha value is -1.99. The van der Waals surface area contributed by atoms with Gasteiger partial charge in [-0.25, -0.2) is 9.97 Å². The summed E-state index contributed by atoms with van der Waals surface area (Å²) in [5, 5.41) is 4.23. The first kappa shape index (κ1) is 15.5. The Bertz CT molecular complexity index is 642. The molecule has 0 unspecified atom stereocenters. The first-order chi connectivity index (χ1) is 11.8. The van der Waals surface area contributed by atoms with Crippen molar-refractivity contribution < 1.29 is 0 Å². The minimum atomic E-state index is 0.718. The van der Waals surface area contributed by atoms with E-state index >= 15 is 0 Å². The molecule has 4 heterocycles. The maximum Gasteiger partial charge on any atom is 0.225 e. The molecule has 0 N–H and O–H groups in total. The van der Waals surface area contributed by atoms with Gasteiger partial charge in [0.2, 0.25) is 5.95 Å². The van der Waals surface area contributed by atoms with Crippen LogP contribution in [-0.4, -0.2) is 81.4 Å². The Morgan fingerprint density at radius 1 is 1.04 bits per heavy atom. The number of aromatic nitrogens is 4. The fraction of sp³-hybridized carbons (Fsp3) is 0.588. The predicted molar refractivity (Wildman–Crippen MR) is 93.0 cm³/mol. The second-order valence-corrected chi connectivity index (χ2v) is 6.68. The van der Waals surface area contributed by atoms with E-state index < -0.39 is 0 Å². The summed E-state index contributed by atoms with van der Waals surface area (Å²) in [5.41, 5.74) is 1.31. The van der Waals surface area contributed by atoms with E-state index in [9.17, 15) is 0 Å². The van der Waals surface area contributed by atoms with Crippen LogP contribution in [0.1, 0.15) is 5.69 Å². The average Bonchev–Trinajstić information content (AvgIpc) is 3.00. The largest absolute Gasteiger partial charge is 0.338 e. The molecule has 2 saturated heterocycles. The Kier molecular flexibility index (Phi) is 4.44. The van der Waals surface area contributed by atoms with Gasteiger partial charge >= 0.3 is 0 Å². The average molecular weight is 327 g/mol. The van der Waals surface area contributed by atoms with Crippen LogP contribution in [-0.2, 0) is 13.5 Å². The van der Waals surface area contributed by atoms with E-state index in [1.54, 1.807) is 0 Å². The molecule has 0 spiro atoms. The van der Waals surface area contributed by atoms with E-state index in [0.29, 0.717) is 0 Å². The van der Waals surface area contributed by atoms with Gasteiger partial charge in [-0.15, -0.1) is 0 Å². The van der Waals surface area contributed by atoms with Crippen molar-refractivity contribution in [1.29, 1.82) is 0 Å². The molecule has 2 fully saturated rings. The number of likely N-dealkylation sites (tertiary alicyclic amines) is 1. The number of rotatable bonds is 5. The van der Waals surface area contributed by atoms with E-state index in [1.165, 1.54) is 18.8 Å². The summed E-state index contributed by atoms with van der Waals surface area (Å²) < 4.78 is 1.97. The Morgan fingerprint density at radius 2 is 1.79 bits per heavy atom. The second kappa shape index (κ2) is 6.86. The van der Waals surface area contributed by atoms with Gasteiger partial charge < -0.3 is 4.90 Å². The normalized spacial score (nSPS) is 20.3. The summed E-state index contributed by atoms with van der Waals surface area (Å²) in [6, 6.07) is 4.70. The number of hydrogen-bond donors (Lipinski definition) is 0. The van der Waals surface area contributed by atoms with E-state index in [0.717, 1.165) is 51.1 Å². The highest BCUT2D eigenvalue weighted by Crippen LogP contribution is 2.18. The summed E-state index contributed by atoms with van der Waals surface area (Å²) in [4.78, 5) is 16.2. The van der Waals surface area contributed by atoms with Crippen molar-refractivity contribution in [3.8, 4) is 0 Å². The van der Waals surface area contributed by atoms with Crippen molar-refractivity contribution in [2.75, 3.05) is 50.7 Å². The maximum absolute atomic E-state index is 4.36. The zero-order chi connectivity index (χ0) is 16.4. The van der Waals surface area contributed by atoms with Crippen LogP contribution in [0, 0.1) is 0 Å². The molecule has 0 atom stereocenters. The molecule has 2 aromatic heterocycles. The zero-order valence-corrected chi connectivity index (χ0v) is 14.3. The predicted octanol–water partition coefficient (Wildman–Crippen LogP) is 0.259. The molecule has 0 aliphatic carbocycles. The number of nitrogens with zero attached hydrogens (tertiary/aromatic N) is 7. The third-order valence-corrected chi connectivity index (χ3v) is 5.21. The molecular weight excluding hydrogens is 302 g/mol. The summed E-state index contributed by atoms with van der Waals surface area (Å²) >= 11 is 0. The van der Waals surface area contributed by atoms with Gasteiger partial charge in [0.25, 0.3) is 0 Å². The lowest BCUT2D eigenvalue weighted by Crippen LogP contribution is -2.63. The molecule has 0 bridgehead atoms. The van der Waals surface area contributed by atoms with Crippen LogP contribution in [0.4, 0.5) is 5.95 Å². The lowest BCUT2D eigenvalue weighted by molar-refractivity contribution is 0.0312. The highest BCUT2D eigenvalue weighted by molar-refractivity contribution is 5.29. The number of aryl methyl sites for hydroxylation is 1. The van der Waals surface area contributed by atoms with Gasteiger partial charge in [0.1, 0.15) is 0 Å². The van der Waals surface area contributed by atoms with Gasteiger partial charge in [-0.3, -0.25) is 14.5 Å². The number of hydrogen-bond acceptors (Lipinski definition) is 6. The van der Waals surface area contributed by atoms with E-state index in [2.05, 4.69) is 35.8 Å². The fourth-order valence-corrected chi connectivity index (χ4v) is 3.62. The van der Waals surface area contributed by atoms with Crippen molar-refractivity contribution in [2.24, 2.45) is 7.05 Å². The van der Waals surface area contributed by atoms with Crippen molar-refractivity contribution in [3.05, 3.63) is 36.4 Å². The first-order valence-corrected chi connectivity index (χ1v) is 8.75. The summed E-state index contributed by atoms with van der Waals surface area (Å²) in [5.74, 6) is 0.864. The van der Waals surface area contributed by atoms with Crippen molar-refractivity contribution in [3.63, 3.8) is 0 Å². The fourth-order valence-electron chi connectivity index (χ4n) is 3.62. The van der Waals surface area contributed by atoms with Crippen LogP contribution in [0.3, 0.4) is 0 Å². The molecule has 0 aromatic carbocycles. The molecule has 0 amide bonds. The zero-order valence-electron chi connectivity index (χ0n) is 14.3. The number of piperazine rings is 1. The van der Waals surface area contributed by atoms with Gasteiger partial charge in [-0.2, -0.15) is 5.10 Å². The molecule has 128 valence electrons. The molecule has 7 heteroatoms. The lowest BCUT2D eigenvalue weighted by Gasteiger charge is -2.48. The van der Waals surface area contributed by atoms with Gasteiger partial charge in [0.15, 0.2) is 0 Å². The van der Waals surface area contributed by atoms with Crippen LogP contribution < -0.4 is 4.90 Å². The summed E-state index contributed by atoms with van der Waals surface area (Å²) in [6.07, 6.45) is 6.61. The Balaban J connectivity index is 1.19. The lowest BCUT2D eigenvalue weighted by atomic mass is 10.1. The molecule has 7 nitrogen and oxygen atoms in total. The quantitative estimate of drug-likeness (QED) is 0.785. The molecule has 0 radical (unpaired) electrons. The number of anilines is 1. The molecular formula is C17H25N7. The van der Waals surface area contributed by atoms with Crippen LogP contribution in [0.25, 0.3) is 0 Å². The first-order valence-electron chi connectivity index (χ1n) is 8.75. The van der Waals surface area contributed by atoms with E-state index in [1.807, 2.05) is 36.4 Å². The van der Waals surface area contributed by atoms with Crippen LogP contribution in [0.15, 0.2) is 30.7 Å². The highest BCUT2D eigenvalue weighted by Gasteiger charge is 2.33. The topological polar surface area (TPSA) is 53.3 Å². The van der Waals surface area contributed by atoms with E-state index in [4.69, 9.17) is 0 Å². The van der Waals surface area contributed by atoms with Crippen LogP contribution in [0.5, 0.6) is 0 Å². The summed E-state index contributed by atoms with van der Waals surface area (Å²) in [6.45, 7) is 7.79. The molecule has 2 aliphatic heterocycles. The molecule has 24 heavy (non-hydrogen) atoms. The van der Waals surface area contributed by atoms with Crippen LogP contribution in [0.2, 0.25) is 0 Å². The van der Waals surface area contributed by atoms with Crippen molar-refractivity contribution >= 4 is 5.95 Å². The third-order valence-electron chi connectivity index (χ3n) is 5.21. The Labute approximate surface area is 142 Å². The molecule has 0 saturated carbocycles. The standard InChI is InChI=1S/C17H25N7/c1-21-15(3-7-20-21)4-8-22-13-16(14-22)23-9-11-24(12-10-23)17-18-5-2-6-19-17/h2-3,5-7,16H,4,8-14H2,1H3.